The predicted octanol–water partition coefficient (Wildman–Crippen LogP) is 2.35. The van der Waals surface area contributed by atoms with Gasteiger partial charge in [0.25, 0.3) is 5.91 Å². The molecule has 1 heterocycles. The van der Waals surface area contributed by atoms with Crippen LogP contribution in [0.4, 0.5) is 0 Å². The third-order valence-electron chi connectivity index (χ3n) is 4.93. The Morgan fingerprint density at radius 2 is 2.08 bits per heavy atom. The first-order chi connectivity index (χ1) is 11.5. The monoisotopic (exact) mass is 326 g/mol. The molecule has 1 aliphatic carbocycles. The molecule has 0 saturated heterocycles. The number of aryl methyl sites for hydroxylation is 1. The Labute approximate surface area is 143 Å². The maximum absolute atomic E-state index is 12.7. The van der Waals surface area contributed by atoms with Crippen molar-refractivity contribution in [2.75, 3.05) is 20.6 Å². The Morgan fingerprint density at radius 3 is 2.79 bits per heavy atom. The summed E-state index contributed by atoms with van der Waals surface area (Å²) in [5.74, 6) is -0.0609. The van der Waals surface area contributed by atoms with E-state index in [2.05, 4.69) is 41.3 Å². The first kappa shape index (κ1) is 16.7. The van der Waals surface area contributed by atoms with Gasteiger partial charge in [-0.25, -0.2) is 4.68 Å². The fourth-order valence-corrected chi connectivity index (χ4v) is 3.13. The van der Waals surface area contributed by atoms with Crippen LogP contribution in [0.25, 0.3) is 5.69 Å². The molecule has 24 heavy (non-hydrogen) atoms. The Hall–Kier alpha value is -2.14. The maximum Gasteiger partial charge on any atom is 0.272 e. The van der Waals surface area contributed by atoms with Crippen molar-refractivity contribution in [3.05, 3.63) is 46.8 Å². The van der Waals surface area contributed by atoms with Crippen LogP contribution in [0.5, 0.6) is 0 Å². The highest BCUT2D eigenvalue weighted by molar-refractivity contribution is 5.94. The molecule has 0 radical (unpaired) electrons. The Kier molecular flexibility index (Phi) is 4.71. The molecule has 0 fully saturated rings. The number of fused-ring (bicyclic) bond motifs is 1. The van der Waals surface area contributed by atoms with Gasteiger partial charge in [-0.05, 0) is 58.8 Å². The van der Waals surface area contributed by atoms with Crippen molar-refractivity contribution < 1.29 is 4.79 Å². The predicted molar refractivity (Wildman–Crippen MR) is 95.8 cm³/mol. The minimum atomic E-state index is -0.0609. The number of carbonyl (C=O) groups excluding carboxylic acids is 1. The van der Waals surface area contributed by atoms with Crippen molar-refractivity contribution in [3.8, 4) is 5.69 Å². The van der Waals surface area contributed by atoms with Crippen LogP contribution in [0.3, 0.4) is 0 Å². The van der Waals surface area contributed by atoms with Crippen molar-refractivity contribution in [1.82, 2.24) is 20.0 Å². The van der Waals surface area contributed by atoms with Crippen LogP contribution in [-0.2, 0) is 12.8 Å². The van der Waals surface area contributed by atoms with Gasteiger partial charge in [0, 0.05) is 23.8 Å². The number of aromatic nitrogens is 2. The molecule has 1 N–H and O–H groups in total. The lowest BCUT2D eigenvalue weighted by Gasteiger charge is -2.19. The molecule has 0 unspecified atom stereocenters. The second-order valence-corrected chi connectivity index (χ2v) is 6.85. The van der Waals surface area contributed by atoms with Gasteiger partial charge < -0.3 is 10.2 Å². The molecular weight excluding hydrogens is 300 g/mol. The summed E-state index contributed by atoms with van der Waals surface area (Å²) in [5, 5.41) is 7.71. The Balaban J connectivity index is 1.89. The van der Waals surface area contributed by atoms with E-state index in [1.165, 1.54) is 11.3 Å². The van der Waals surface area contributed by atoms with Gasteiger partial charge in [0.05, 0.1) is 5.69 Å². The largest absolute Gasteiger partial charge is 0.349 e. The van der Waals surface area contributed by atoms with E-state index < -0.39 is 0 Å². The van der Waals surface area contributed by atoms with E-state index in [0.29, 0.717) is 18.3 Å². The lowest BCUT2D eigenvalue weighted by Crippen LogP contribution is -2.38. The fourth-order valence-electron chi connectivity index (χ4n) is 3.13. The lowest BCUT2D eigenvalue weighted by molar-refractivity contribution is 0.0937. The van der Waals surface area contributed by atoms with E-state index in [-0.39, 0.29) is 5.91 Å². The van der Waals surface area contributed by atoms with Crippen molar-refractivity contribution in [3.63, 3.8) is 0 Å². The van der Waals surface area contributed by atoms with Gasteiger partial charge in [0.15, 0.2) is 5.69 Å². The number of amides is 1. The number of rotatable bonds is 5. The van der Waals surface area contributed by atoms with E-state index in [9.17, 15) is 4.79 Å². The quantitative estimate of drug-likeness (QED) is 0.917. The van der Waals surface area contributed by atoms with Gasteiger partial charge in [-0.1, -0.05) is 18.2 Å². The molecule has 2 aromatic rings. The molecule has 1 aromatic carbocycles. The van der Waals surface area contributed by atoms with Gasteiger partial charge in [-0.3, -0.25) is 4.79 Å². The molecule has 0 spiro atoms. The van der Waals surface area contributed by atoms with Crippen LogP contribution < -0.4 is 5.32 Å². The van der Waals surface area contributed by atoms with E-state index in [1.54, 1.807) is 0 Å². The molecule has 128 valence electrons. The zero-order chi connectivity index (χ0) is 17.3. The molecule has 1 atom stereocenters. The number of carbonyl (C=O) groups is 1. The number of nitrogens with one attached hydrogen (secondary N) is 1. The van der Waals surface area contributed by atoms with Gasteiger partial charge >= 0.3 is 0 Å². The number of hydrogen-bond acceptors (Lipinski definition) is 3. The highest BCUT2D eigenvalue weighted by Crippen LogP contribution is 2.28. The van der Waals surface area contributed by atoms with Crippen molar-refractivity contribution in [2.24, 2.45) is 0 Å². The van der Waals surface area contributed by atoms with E-state index in [1.807, 2.05) is 30.9 Å². The summed E-state index contributed by atoms with van der Waals surface area (Å²) in [7, 11) is 4.03. The maximum atomic E-state index is 12.7. The van der Waals surface area contributed by atoms with Crippen LogP contribution >= 0.6 is 0 Å². The topological polar surface area (TPSA) is 50.2 Å². The zero-order valence-corrected chi connectivity index (χ0v) is 15.0. The molecule has 1 aromatic heterocycles. The molecule has 0 saturated carbocycles. The third kappa shape index (κ3) is 3.08. The van der Waals surface area contributed by atoms with Crippen LogP contribution in [0.2, 0.25) is 0 Å². The minimum absolute atomic E-state index is 0.0609. The average Bonchev–Trinajstić information content (AvgIpc) is 3.15. The SMILES string of the molecule is Cc1ccccc1-n1nc(C(=O)NC[C@@H](C)N(C)C)c2c1CCC2. The average molecular weight is 326 g/mol. The minimum Gasteiger partial charge on any atom is -0.349 e. The smallest absolute Gasteiger partial charge is 0.272 e. The summed E-state index contributed by atoms with van der Waals surface area (Å²) in [4.78, 5) is 14.7. The van der Waals surface area contributed by atoms with Gasteiger partial charge in [0.2, 0.25) is 0 Å². The summed E-state index contributed by atoms with van der Waals surface area (Å²) >= 11 is 0. The highest BCUT2D eigenvalue weighted by atomic mass is 16.2. The fraction of sp³-hybridized carbons (Fsp3) is 0.474. The number of nitrogens with zero attached hydrogens (tertiary/aromatic N) is 3. The van der Waals surface area contributed by atoms with Gasteiger partial charge in [-0.2, -0.15) is 5.10 Å². The van der Waals surface area contributed by atoms with Gasteiger partial charge in [0.1, 0.15) is 0 Å². The number of benzene rings is 1. The van der Waals surface area contributed by atoms with E-state index in [0.717, 1.165) is 30.5 Å². The summed E-state index contributed by atoms with van der Waals surface area (Å²) in [6.45, 7) is 4.80. The van der Waals surface area contributed by atoms with E-state index >= 15 is 0 Å². The van der Waals surface area contributed by atoms with Crippen molar-refractivity contribution >= 4 is 5.91 Å². The van der Waals surface area contributed by atoms with Crippen LogP contribution in [-0.4, -0.2) is 47.3 Å². The van der Waals surface area contributed by atoms with Crippen molar-refractivity contribution in [2.45, 2.75) is 39.2 Å². The van der Waals surface area contributed by atoms with E-state index in [4.69, 9.17) is 0 Å². The normalized spacial score (nSPS) is 14.7. The number of hydrogen-bond donors (Lipinski definition) is 1. The lowest BCUT2D eigenvalue weighted by atomic mass is 10.1. The first-order valence-electron chi connectivity index (χ1n) is 8.60. The van der Waals surface area contributed by atoms with Crippen molar-refractivity contribution in [1.29, 1.82) is 0 Å². The van der Waals surface area contributed by atoms with Crippen LogP contribution in [0.1, 0.15) is 40.7 Å². The molecule has 1 aliphatic rings. The summed E-state index contributed by atoms with van der Waals surface area (Å²) in [6, 6.07) is 8.48. The number of likely N-dealkylation sites (N-methyl/N-ethyl adjacent to an activating group) is 1. The molecular formula is C19H26N4O. The second-order valence-electron chi connectivity index (χ2n) is 6.85. The summed E-state index contributed by atoms with van der Waals surface area (Å²) in [6.07, 6.45) is 3.01. The zero-order valence-electron chi connectivity index (χ0n) is 15.0. The summed E-state index contributed by atoms with van der Waals surface area (Å²) < 4.78 is 1.97. The Bertz CT molecular complexity index is 748. The van der Waals surface area contributed by atoms with Gasteiger partial charge in [-0.15, -0.1) is 0 Å². The molecule has 5 heteroatoms. The second kappa shape index (κ2) is 6.77. The number of para-hydroxylation sites is 1. The third-order valence-corrected chi connectivity index (χ3v) is 4.93. The highest BCUT2D eigenvalue weighted by Gasteiger charge is 2.27. The summed E-state index contributed by atoms with van der Waals surface area (Å²) in [5.41, 5.74) is 5.14. The standard InChI is InChI=1S/C19H26N4O/c1-13-8-5-6-10-16(13)23-17-11-7-9-15(17)18(21-23)19(24)20-12-14(2)22(3)4/h5-6,8,10,14H,7,9,11-12H2,1-4H3,(H,20,24)/t14-/m1/s1. The first-order valence-corrected chi connectivity index (χ1v) is 8.60. The molecule has 5 nitrogen and oxygen atoms in total. The molecule has 0 bridgehead atoms. The van der Waals surface area contributed by atoms with Crippen LogP contribution in [0, 0.1) is 6.92 Å². The molecule has 0 aliphatic heterocycles. The van der Waals surface area contributed by atoms with Crippen LogP contribution in [0.15, 0.2) is 24.3 Å². The molecule has 1 amide bonds. The molecule has 3 rings (SSSR count). The Morgan fingerprint density at radius 1 is 1.33 bits per heavy atom.